The summed E-state index contributed by atoms with van der Waals surface area (Å²) in [5.74, 6) is -0.991. The van der Waals surface area contributed by atoms with Crippen molar-refractivity contribution in [1.29, 1.82) is 0 Å². The van der Waals surface area contributed by atoms with Crippen LogP contribution in [0.4, 0.5) is 4.39 Å². The molecule has 1 aliphatic rings. The lowest BCUT2D eigenvalue weighted by Crippen LogP contribution is -2.39. The number of carbonyl (C=O) groups excluding carboxylic acids is 1. The van der Waals surface area contributed by atoms with E-state index in [0.29, 0.717) is 36.2 Å². The van der Waals surface area contributed by atoms with E-state index in [1.54, 1.807) is 50.3 Å². The molecule has 5 nitrogen and oxygen atoms in total. The van der Waals surface area contributed by atoms with Crippen molar-refractivity contribution in [3.63, 3.8) is 0 Å². The van der Waals surface area contributed by atoms with Gasteiger partial charge in [-0.2, -0.15) is 0 Å². The number of aromatic nitrogens is 1. The van der Waals surface area contributed by atoms with E-state index in [2.05, 4.69) is 4.99 Å². The van der Waals surface area contributed by atoms with Crippen LogP contribution < -0.4 is 14.9 Å². The van der Waals surface area contributed by atoms with Crippen molar-refractivity contribution in [3.8, 4) is 0 Å². The third-order valence-corrected chi connectivity index (χ3v) is 6.50. The molecular weight excluding hydrogens is 474 g/mol. The Kier molecular flexibility index (Phi) is 6.33. The van der Waals surface area contributed by atoms with Gasteiger partial charge in [0.15, 0.2) is 4.80 Å². The van der Waals surface area contributed by atoms with Gasteiger partial charge in [0, 0.05) is 10.0 Å². The molecule has 0 aliphatic carbocycles. The van der Waals surface area contributed by atoms with E-state index < -0.39 is 17.8 Å². The van der Waals surface area contributed by atoms with Crippen molar-refractivity contribution < 1.29 is 13.9 Å². The number of carbonyl (C=O) groups is 1. The molecule has 1 aliphatic heterocycles. The smallest absolute Gasteiger partial charge is 0.338 e. The highest BCUT2D eigenvalue weighted by Gasteiger charge is 2.33. The molecule has 0 bridgehead atoms. The van der Waals surface area contributed by atoms with Crippen molar-refractivity contribution in [1.82, 2.24) is 4.57 Å². The molecule has 2 heterocycles. The van der Waals surface area contributed by atoms with Gasteiger partial charge < -0.3 is 4.74 Å². The van der Waals surface area contributed by atoms with Gasteiger partial charge in [-0.1, -0.05) is 52.7 Å². The average molecular weight is 491 g/mol. The van der Waals surface area contributed by atoms with Crippen LogP contribution in [0.3, 0.4) is 0 Å². The summed E-state index contributed by atoms with van der Waals surface area (Å²) in [6.45, 7) is 3.56. The summed E-state index contributed by atoms with van der Waals surface area (Å²) in [6, 6.07) is 9.87. The Balaban J connectivity index is 1.96. The summed E-state index contributed by atoms with van der Waals surface area (Å²) in [7, 11) is 0. The van der Waals surface area contributed by atoms with E-state index in [0.717, 1.165) is 0 Å². The zero-order valence-corrected chi connectivity index (χ0v) is 19.4. The minimum Gasteiger partial charge on any atom is -0.463 e. The number of hydrogen-bond acceptors (Lipinski definition) is 5. The molecule has 0 fully saturated rings. The first kappa shape index (κ1) is 22.5. The zero-order valence-electron chi connectivity index (χ0n) is 17.1. The minimum absolute atomic E-state index is 0.172. The third kappa shape index (κ3) is 4.16. The van der Waals surface area contributed by atoms with Crippen LogP contribution in [0.25, 0.3) is 6.08 Å². The first-order valence-electron chi connectivity index (χ1n) is 9.70. The summed E-state index contributed by atoms with van der Waals surface area (Å²) in [5.41, 5.74) is 1.53. The summed E-state index contributed by atoms with van der Waals surface area (Å²) in [5, 5.41) is 0.890. The Labute approximate surface area is 196 Å². The number of nitrogens with zero attached hydrogens (tertiary/aromatic N) is 2. The van der Waals surface area contributed by atoms with E-state index in [-0.39, 0.29) is 17.7 Å². The second-order valence-electron chi connectivity index (χ2n) is 7.02. The van der Waals surface area contributed by atoms with Crippen molar-refractivity contribution in [2.45, 2.75) is 19.9 Å². The zero-order chi connectivity index (χ0) is 23.0. The molecule has 3 aromatic rings. The highest BCUT2D eigenvalue weighted by molar-refractivity contribution is 7.07. The van der Waals surface area contributed by atoms with Crippen LogP contribution in [0.1, 0.15) is 31.0 Å². The molecule has 1 aromatic heterocycles. The van der Waals surface area contributed by atoms with Gasteiger partial charge in [-0.05, 0) is 55.3 Å². The Morgan fingerprint density at radius 3 is 2.62 bits per heavy atom. The van der Waals surface area contributed by atoms with Crippen LogP contribution in [-0.2, 0) is 9.53 Å². The maximum absolute atomic E-state index is 13.6. The highest BCUT2D eigenvalue weighted by atomic mass is 35.5. The van der Waals surface area contributed by atoms with Gasteiger partial charge in [0.2, 0.25) is 0 Å². The molecular formula is C23H17Cl2FN2O3S. The van der Waals surface area contributed by atoms with Gasteiger partial charge in [0.25, 0.3) is 5.56 Å². The standard InChI is InChI=1S/C23H17Cl2FN2O3S/c1-3-31-22(30)19-12(2)27-23-28(20(19)13-5-8-16(26)9-6-13)21(29)18(32-23)10-14-4-7-15(24)11-17(14)25/h4-11,20H,3H2,1-2H3/b18-10-/t20-/m1/s1. The fraction of sp³-hybridized carbons (Fsp3) is 0.174. The SMILES string of the molecule is CCOC(=O)C1=C(C)N=c2s/c(=C\c3ccc(Cl)cc3Cl)c(=O)n2[C@@H]1c1ccc(F)cc1. The molecule has 1 atom stereocenters. The van der Waals surface area contributed by atoms with Crippen LogP contribution in [0.5, 0.6) is 0 Å². The predicted molar refractivity (Wildman–Crippen MR) is 123 cm³/mol. The van der Waals surface area contributed by atoms with Crippen molar-refractivity contribution in [2.75, 3.05) is 6.61 Å². The number of benzene rings is 2. The number of ether oxygens (including phenoxy) is 1. The molecule has 0 unspecified atom stereocenters. The molecule has 32 heavy (non-hydrogen) atoms. The van der Waals surface area contributed by atoms with Crippen LogP contribution in [0.2, 0.25) is 10.0 Å². The molecule has 0 amide bonds. The van der Waals surface area contributed by atoms with Crippen molar-refractivity contribution in [2.24, 2.45) is 4.99 Å². The van der Waals surface area contributed by atoms with Gasteiger partial charge >= 0.3 is 5.97 Å². The Morgan fingerprint density at radius 2 is 1.97 bits per heavy atom. The number of fused-ring (bicyclic) bond motifs is 1. The van der Waals surface area contributed by atoms with Gasteiger partial charge in [-0.25, -0.2) is 14.2 Å². The number of rotatable bonds is 4. The Bertz CT molecular complexity index is 1420. The highest BCUT2D eigenvalue weighted by Crippen LogP contribution is 2.30. The molecule has 0 radical (unpaired) electrons. The van der Waals surface area contributed by atoms with E-state index in [9.17, 15) is 14.0 Å². The van der Waals surface area contributed by atoms with Crippen LogP contribution in [0.15, 0.2) is 63.5 Å². The maximum atomic E-state index is 13.6. The largest absolute Gasteiger partial charge is 0.463 e. The fourth-order valence-corrected chi connectivity index (χ4v) is 5.01. The van der Waals surface area contributed by atoms with Gasteiger partial charge in [0.1, 0.15) is 5.82 Å². The molecule has 164 valence electrons. The molecule has 0 spiro atoms. The molecule has 4 rings (SSSR count). The third-order valence-electron chi connectivity index (χ3n) is 4.95. The quantitative estimate of drug-likeness (QED) is 0.513. The number of allylic oxidation sites excluding steroid dienone is 1. The number of halogens is 3. The van der Waals surface area contributed by atoms with Crippen LogP contribution in [0, 0.1) is 5.82 Å². The minimum atomic E-state index is -0.797. The predicted octanol–water partition coefficient (Wildman–Crippen LogP) is 4.24. The van der Waals surface area contributed by atoms with E-state index >= 15 is 0 Å². The number of thiazole rings is 1. The van der Waals surface area contributed by atoms with Gasteiger partial charge in [0.05, 0.1) is 28.5 Å². The second-order valence-corrected chi connectivity index (χ2v) is 8.87. The van der Waals surface area contributed by atoms with E-state index in [1.165, 1.54) is 28.0 Å². The summed E-state index contributed by atoms with van der Waals surface area (Å²) in [4.78, 5) is 31.2. The van der Waals surface area contributed by atoms with E-state index in [4.69, 9.17) is 27.9 Å². The summed E-state index contributed by atoms with van der Waals surface area (Å²) < 4.78 is 20.6. The van der Waals surface area contributed by atoms with Crippen molar-refractivity contribution >= 4 is 46.6 Å². The monoisotopic (exact) mass is 490 g/mol. The normalized spacial score (nSPS) is 16.0. The van der Waals surface area contributed by atoms with Crippen LogP contribution >= 0.6 is 34.5 Å². The summed E-state index contributed by atoms with van der Waals surface area (Å²) in [6.07, 6.45) is 1.66. The molecule has 9 heteroatoms. The van der Waals surface area contributed by atoms with Gasteiger partial charge in [-0.3, -0.25) is 9.36 Å². The average Bonchev–Trinajstić information content (AvgIpc) is 3.04. The maximum Gasteiger partial charge on any atom is 0.338 e. The van der Waals surface area contributed by atoms with Crippen LogP contribution in [-0.4, -0.2) is 17.1 Å². The lowest BCUT2D eigenvalue weighted by atomic mass is 9.96. The van der Waals surface area contributed by atoms with E-state index in [1.807, 2.05) is 0 Å². The molecule has 0 N–H and O–H groups in total. The lowest BCUT2D eigenvalue weighted by molar-refractivity contribution is -0.139. The molecule has 2 aromatic carbocycles. The fourth-order valence-electron chi connectivity index (χ4n) is 3.51. The number of hydrogen-bond donors (Lipinski definition) is 0. The lowest BCUT2D eigenvalue weighted by Gasteiger charge is -2.24. The molecule has 0 saturated carbocycles. The first-order chi connectivity index (χ1) is 15.3. The second kappa shape index (κ2) is 9.02. The topological polar surface area (TPSA) is 60.7 Å². The first-order valence-corrected chi connectivity index (χ1v) is 11.3. The number of esters is 1. The summed E-state index contributed by atoms with van der Waals surface area (Å²) >= 11 is 13.4. The van der Waals surface area contributed by atoms with Gasteiger partial charge in [-0.15, -0.1) is 0 Å². The molecule has 0 saturated heterocycles. The Hall–Kier alpha value is -2.74. The van der Waals surface area contributed by atoms with Crippen molar-refractivity contribution in [3.05, 3.63) is 100 Å². The Morgan fingerprint density at radius 1 is 1.25 bits per heavy atom.